The van der Waals surface area contributed by atoms with E-state index >= 15 is 0 Å². The van der Waals surface area contributed by atoms with Crippen molar-refractivity contribution < 1.29 is 17.9 Å². The van der Waals surface area contributed by atoms with Gasteiger partial charge in [-0.2, -0.15) is 0 Å². The van der Waals surface area contributed by atoms with Gasteiger partial charge in [0.05, 0.1) is 5.52 Å². The van der Waals surface area contributed by atoms with E-state index in [1.807, 2.05) is 0 Å². The molecule has 3 nitrogen and oxygen atoms in total. The van der Waals surface area contributed by atoms with Crippen LogP contribution >= 0.6 is 23.2 Å². The summed E-state index contributed by atoms with van der Waals surface area (Å²) >= 11 is 11.3. The molecule has 0 atom stereocenters. The first kappa shape index (κ1) is 12.2. The first-order valence-corrected chi connectivity index (χ1v) is 4.99. The highest BCUT2D eigenvalue weighted by Gasteiger charge is 2.31. The van der Waals surface area contributed by atoms with Gasteiger partial charge in [-0.1, -0.05) is 11.6 Å². The van der Waals surface area contributed by atoms with Crippen LogP contribution in [0.2, 0.25) is 10.4 Å². The van der Waals surface area contributed by atoms with E-state index in [9.17, 15) is 13.2 Å². The highest BCUT2D eigenvalue weighted by atomic mass is 35.5. The molecule has 1 aromatic carbocycles. The van der Waals surface area contributed by atoms with E-state index in [2.05, 4.69) is 14.7 Å². The Morgan fingerprint density at radius 2 is 1.82 bits per heavy atom. The van der Waals surface area contributed by atoms with Gasteiger partial charge in [-0.05, 0) is 29.8 Å². The minimum atomic E-state index is -4.76. The van der Waals surface area contributed by atoms with Gasteiger partial charge in [-0.3, -0.25) is 0 Å². The third-order valence-corrected chi connectivity index (χ3v) is 2.28. The molecule has 90 valence electrons. The molecule has 0 amide bonds. The van der Waals surface area contributed by atoms with Gasteiger partial charge in [-0.15, -0.1) is 13.2 Å². The molecule has 0 aliphatic heterocycles. The molecule has 1 aromatic heterocycles. The average molecular weight is 283 g/mol. The van der Waals surface area contributed by atoms with E-state index in [1.54, 1.807) is 0 Å². The lowest BCUT2D eigenvalue weighted by Crippen LogP contribution is -2.17. The summed E-state index contributed by atoms with van der Waals surface area (Å²) in [7, 11) is 0. The lowest BCUT2D eigenvalue weighted by atomic mass is 10.2. The molecule has 0 aliphatic rings. The number of ether oxygens (including phenoxy) is 1. The van der Waals surface area contributed by atoms with E-state index in [-0.39, 0.29) is 15.8 Å². The number of hydrogen-bond acceptors (Lipinski definition) is 3. The van der Waals surface area contributed by atoms with Crippen LogP contribution in [-0.4, -0.2) is 16.3 Å². The van der Waals surface area contributed by atoms with Crippen LogP contribution in [0.4, 0.5) is 13.2 Å². The van der Waals surface area contributed by atoms with Crippen molar-refractivity contribution in [3.63, 3.8) is 0 Å². The van der Waals surface area contributed by atoms with Gasteiger partial charge in [0.2, 0.25) is 5.28 Å². The normalized spacial score (nSPS) is 11.8. The topological polar surface area (TPSA) is 35.0 Å². The van der Waals surface area contributed by atoms with E-state index in [0.29, 0.717) is 5.52 Å². The summed E-state index contributed by atoms with van der Waals surface area (Å²) in [6.45, 7) is 0. The molecule has 0 unspecified atom stereocenters. The first-order chi connectivity index (χ1) is 7.85. The number of nitrogens with zero attached hydrogens (tertiary/aromatic N) is 2. The second-order valence-corrected chi connectivity index (χ2v) is 3.71. The van der Waals surface area contributed by atoms with Crippen LogP contribution in [-0.2, 0) is 0 Å². The summed E-state index contributed by atoms with van der Waals surface area (Å²) < 4.78 is 39.7. The number of benzene rings is 1. The van der Waals surface area contributed by atoms with E-state index in [0.717, 1.165) is 12.1 Å². The van der Waals surface area contributed by atoms with Gasteiger partial charge in [0.1, 0.15) is 10.9 Å². The van der Waals surface area contributed by atoms with Gasteiger partial charge in [0.25, 0.3) is 0 Å². The van der Waals surface area contributed by atoms with Crippen molar-refractivity contribution >= 4 is 34.1 Å². The molecule has 0 radical (unpaired) electrons. The molecule has 2 aromatic rings. The SMILES string of the molecule is FC(F)(F)Oc1ccc2nc(Cl)nc(Cl)c2c1. The van der Waals surface area contributed by atoms with Crippen molar-refractivity contribution in [2.45, 2.75) is 6.36 Å². The van der Waals surface area contributed by atoms with Crippen molar-refractivity contribution in [1.29, 1.82) is 0 Å². The van der Waals surface area contributed by atoms with E-state index < -0.39 is 12.1 Å². The Bertz CT molecular complexity index is 574. The highest BCUT2D eigenvalue weighted by molar-refractivity contribution is 6.35. The van der Waals surface area contributed by atoms with Crippen molar-refractivity contribution in [2.24, 2.45) is 0 Å². The quantitative estimate of drug-likeness (QED) is 0.589. The molecular formula is C9H3Cl2F3N2O. The maximum atomic E-state index is 12.0. The van der Waals surface area contributed by atoms with Crippen molar-refractivity contribution in [1.82, 2.24) is 9.97 Å². The third-order valence-electron chi connectivity index (χ3n) is 1.83. The van der Waals surface area contributed by atoms with E-state index in [1.165, 1.54) is 6.07 Å². The zero-order valence-electron chi connectivity index (χ0n) is 7.92. The summed E-state index contributed by atoms with van der Waals surface area (Å²) in [6, 6.07) is 3.53. The number of halogens is 5. The molecular weight excluding hydrogens is 280 g/mol. The summed E-state index contributed by atoms with van der Waals surface area (Å²) in [5.74, 6) is -0.391. The van der Waals surface area contributed by atoms with Crippen molar-refractivity contribution in [3.8, 4) is 5.75 Å². The van der Waals surface area contributed by atoms with Gasteiger partial charge in [0, 0.05) is 5.39 Å². The molecule has 0 bridgehead atoms. The molecule has 0 spiro atoms. The Kier molecular flexibility index (Phi) is 3.01. The summed E-state index contributed by atoms with van der Waals surface area (Å²) in [5.41, 5.74) is 0.338. The zero-order chi connectivity index (χ0) is 12.6. The molecule has 0 N–H and O–H groups in total. The minimum absolute atomic E-state index is 0.0346. The second-order valence-electron chi connectivity index (χ2n) is 3.01. The first-order valence-electron chi connectivity index (χ1n) is 4.24. The van der Waals surface area contributed by atoms with Crippen LogP contribution in [0.25, 0.3) is 10.9 Å². The third kappa shape index (κ3) is 2.89. The lowest BCUT2D eigenvalue weighted by Gasteiger charge is -2.09. The Morgan fingerprint density at radius 1 is 1.12 bits per heavy atom. The summed E-state index contributed by atoms with van der Waals surface area (Å²) in [4.78, 5) is 7.43. The highest BCUT2D eigenvalue weighted by Crippen LogP contribution is 2.29. The predicted molar refractivity (Wildman–Crippen MR) is 56.2 cm³/mol. The van der Waals surface area contributed by atoms with Gasteiger partial charge in [0.15, 0.2) is 0 Å². The summed E-state index contributed by atoms with van der Waals surface area (Å²) in [5, 5.41) is 0.123. The Hall–Kier alpha value is -1.27. The molecule has 0 aliphatic carbocycles. The Morgan fingerprint density at radius 3 is 2.47 bits per heavy atom. The molecule has 0 saturated carbocycles. The summed E-state index contributed by atoms with van der Waals surface area (Å²) in [6.07, 6.45) is -4.76. The van der Waals surface area contributed by atoms with Crippen LogP contribution < -0.4 is 4.74 Å². The maximum Gasteiger partial charge on any atom is 0.573 e. The maximum absolute atomic E-state index is 12.0. The van der Waals surface area contributed by atoms with Crippen molar-refractivity contribution in [3.05, 3.63) is 28.6 Å². The molecule has 1 heterocycles. The fourth-order valence-corrected chi connectivity index (χ4v) is 1.69. The van der Waals surface area contributed by atoms with Crippen LogP contribution in [0.3, 0.4) is 0 Å². The van der Waals surface area contributed by atoms with Crippen LogP contribution in [0.1, 0.15) is 0 Å². The number of aromatic nitrogens is 2. The molecule has 0 saturated heterocycles. The smallest absolute Gasteiger partial charge is 0.406 e. The van der Waals surface area contributed by atoms with Gasteiger partial charge >= 0.3 is 6.36 Å². The Labute approximate surface area is 103 Å². The predicted octanol–water partition coefficient (Wildman–Crippen LogP) is 3.84. The fraction of sp³-hybridized carbons (Fsp3) is 0.111. The molecule has 2 rings (SSSR count). The van der Waals surface area contributed by atoms with Crippen LogP contribution in [0, 0.1) is 0 Å². The molecule has 17 heavy (non-hydrogen) atoms. The van der Waals surface area contributed by atoms with Crippen LogP contribution in [0.15, 0.2) is 18.2 Å². The standard InChI is InChI=1S/C9H3Cl2F3N2O/c10-7-5-3-4(17-9(12,13)14)1-2-6(5)15-8(11)16-7/h1-3H. The van der Waals surface area contributed by atoms with Gasteiger partial charge in [-0.25, -0.2) is 9.97 Å². The van der Waals surface area contributed by atoms with E-state index in [4.69, 9.17) is 23.2 Å². The number of hydrogen-bond donors (Lipinski definition) is 0. The number of fused-ring (bicyclic) bond motifs is 1. The minimum Gasteiger partial charge on any atom is -0.406 e. The Balaban J connectivity index is 2.51. The molecule has 8 heteroatoms. The monoisotopic (exact) mass is 282 g/mol. The lowest BCUT2D eigenvalue weighted by molar-refractivity contribution is -0.274. The average Bonchev–Trinajstić information content (AvgIpc) is 2.16. The number of rotatable bonds is 1. The van der Waals surface area contributed by atoms with Gasteiger partial charge < -0.3 is 4.74 Å². The second kappa shape index (κ2) is 4.19. The van der Waals surface area contributed by atoms with Crippen LogP contribution in [0.5, 0.6) is 5.75 Å². The van der Waals surface area contributed by atoms with Crippen molar-refractivity contribution in [2.75, 3.05) is 0 Å². The largest absolute Gasteiger partial charge is 0.573 e. The molecule has 0 fully saturated rings. The fourth-order valence-electron chi connectivity index (χ4n) is 1.24. The number of alkyl halides is 3. The zero-order valence-corrected chi connectivity index (χ0v) is 9.44.